The van der Waals surface area contributed by atoms with Crippen LogP contribution in [0.5, 0.6) is 0 Å². The molecule has 0 saturated heterocycles. The van der Waals surface area contributed by atoms with Gasteiger partial charge in [-0.1, -0.05) is 23.7 Å². The van der Waals surface area contributed by atoms with Crippen LogP contribution in [0.2, 0.25) is 5.02 Å². The molecule has 19 heavy (non-hydrogen) atoms. The Kier molecular flexibility index (Phi) is 4.17. The number of hydrogen-bond acceptors (Lipinski definition) is 2. The Morgan fingerprint density at radius 2 is 2.05 bits per heavy atom. The molecule has 2 aromatic rings. The summed E-state index contributed by atoms with van der Waals surface area (Å²) in [6.07, 6.45) is 3.18. The van der Waals surface area contributed by atoms with Gasteiger partial charge in [-0.3, -0.25) is 4.79 Å². The van der Waals surface area contributed by atoms with Crippen LogP contribution in [0.15, 0.2) is 36.4 Å². The number of benzene rings is 1. The van der Waals surface area contributed by atoms with Gasteiger partial charge in [-0.2, -0.15) is 0 Å². The van der Waals surface area contributed by atoms with Gasteiger partial charge in [0.15, 0.2) is 0 Å². The monoisotopic (exact) mass is 274 g/mol. The summed E-state index contributed by atoms with van der Waals surface area (Å²) in [5.41, 5.74) is 1.55. The van der Waals surface area contributed by atoms with Crippen molar-refractivity contribution in [1.29, 1.82) is 0 Å². The molecule has 0 aliphatic carbocycles. The number of carbonyl (C=O) groups excluding carboxylic acids is 1. The topological polar surface area (TPSA) is 42.0 Å². The minimum Gasteiger partial charge on any atom is -0.350 e. The van der Waals surface area contributed by atoms with E-state index in [1.807, 2.05) is 44.2 Å². The molecule has 0 radical (unpaired) electrons. The quantitative estimate of drug-likeness (QED) is 0.872. The van der Waals surface area contributed by atoms with Gasteiger partial charge in [0.05, 0.1) is 11.2 Å². The number of pyridine rings is 1. The predicted molar refractivity (Wildman–Crippen MR) is 79.1 cm³/mol. The van der Waals surface area contributed by atoms with E-state index in [-0.39, 0.29) is 11.9 Å². The number of amides is 1. The molecule has 0 fully saturated rings. The van der Waals surface area contributed by atoms with Crippen molar-refractivity contribution in [2.45, 2.75) is 19.9 Å². The molecule has 0 aliphatic heterocycles. The van der Waals surface area contributed by atoms with Crippen molar-refractivity contribution in [2.24, 2.45) is 0 Å². The fraction of sp³-hybridized carbons (Fsp3) is 0.200. The molecule has 4 heteroatoms. The summed E-state index contributed by atoms with van der Waals surface area (Å²) in [6.45, 7) is 3.84. The Hall–Kier alpha value is -1.87. The highest BCUT2D eigenvalue weighted by molar-refractivity contribution is 6.31. The van der Waals surface area contributed by atoms with Gasteiger partial charge in [-0.05, 0) is 38.1 Å². The highest BCUT2D eigenvalue weighted by atomic mass is 35.5. The van der Waals surface area contributed by atoms with Crippen molar-refractivity contribution < 1.29 is 4.79 Å². The van der Waals surface area contributed by atoms with Crippen LogP contribution in [0.4, 0.5) is 0 Å². The fourth-order valence-corrected chi connectivity index (χ4v) is 1.86. The Labute approximate surface area is 117 Å². The van der Waals surface area contributed by atoms with Crippen LogP contribution >= 0.6 is 11.6 Å². The number of halogens is 1. The van der Waals surface area contributed by atoms with E-state index in [9.17, 15) is 4.79 Å². The first kappa shape index (κ1) is 13.6. The van der Waals surface area contributed by atoms with E-state index < -0.39 is 0 Å². The lowest BCUT2D eigenvalue weighted by Gasteiger charge is -2.04. The van der Waals surface area contributed by atoms with Gasteiger partial charge in [-0.25, -0.2) is 4.98 Å². The molecule has 1 amide bonds. The van der Waals surface area contributed by atoms with Crippen LogP contribution in [0.1, 0.15) is 19.5 Å². The first-order valence-corrected chi connectivity index (χ1v) is 6.47. The molecule has 1 heterocycles. The number of nitrogens with zero attached hydrogens (tertiary/aromatic N) is 1. The minimum absolute atomic E-state index is 0.122. The molecule has 0 bridgehead atoms. The number of carbonyl (C=O) groups is 1. The van der Waals surface area contributed by atoms with Crippen molar-refractivity contribution in [3.63, 3.8) is 0 Å². The van der Waals surface area contributed by atoms with Crippen LogP contribution in [0, 0.1) is 0 Å². The maximum atomic E-state index is 11.5. The molecule has 1 aromatic carbocycles. The maximum Gasteiger partial charge on any atom is 0.244 e. The summed E-state index contributed by atoms with van der Waals surface area (Å²) in [6, 6.07) is 9.51. The van der Waals surface area contributed by atoms with Crippen molar-refractivity contribution in [3.8, 4) is 0 Å². The summed E-state index contributed by atoms with van der Waals surface area (Å²) in [5.74, 6) is -0.122. The van der Waals surface area contributed by atoms with Crippen molar-refractivity contribution >= 4 is 34.5 Å². The number of fused-ring (bicyclic) bond motifs is 1. The normalized spacial score (nSPS) is 11.4. The van der Waals surface area contributed by atoms with E-state index in [4.69, 9.17) is 11.6 Å². The average Bonchev–Trinajstić information content (AvgIpc) is 2.35. The van der Waals surface area contributed by atoms with Gasteiger partial charge in [0.2, 0.25) is 5.91 Å². The average molecular weight is 275 g/mol. The van der Waals surface area contributed by atoms with Gasteiger partial charge in [0.25, 0.3) is 0 Å². The lowest BCUT2D eigenvalue weighted by molar-refractivity contribution is -0.116. The highest BCUT2D eigenvalue weighted by Crippen LogP contribution is 2.18. The predicted octanol–water partition coefficient (Wildman–Crippen LogP) is 3.43. The Morgan fingerprint density at radius 3 is 2.79 bits per heavy atom. The molecule has 0 unspecified atom stereocenters. The van der Waals surface area contributed by atoms with Gasteiger partial charge < -0.3 is 5.32 Å². The second-order valence-corrected chi connectivity index (χ2v) is 5.01. The van der Waals surface area contributed by atoms with Crippen LogP contribution in [0.3, 0.4) is 0 Å². The molecule has 98 valence electrons. The van der Waals surface area contributed by atoms with E-state index in [1.165, 1.54) is 6.08 Å². The van der Waals surface area contributed by atoms with E-state index in [2.05, 4.69) is 10.3 Å². The molecule has 0 aliphatic rings. The zero-order chi connectivity index (χ0) is 13.8. The first-order valence-electron chi connectivity index (χ1n) is 6.09. The van der Waals surface area contributed by atoms with Crippen LogP contribution in [-0.2, 0) is 4.79 Å². The van der Waals surface area contributed by atoms with Crippen molar-refractivity contribution in [1.82, 2.24) is 10.3 Å². The summed E-state index contributed by atoms with van der Waals surface area (Å²) in [4.78, 5) is 15.9. The smallest absolute Gasteiger partial charge is 0.244 e. The van der Waals surface area contributed by atoms with Crippen molar-refractivity contribution in [2.75, 3.05) is 0 Å². The van der Waals surface area contributed by atoms with Gasteiger partial charge >= 0.3 is 0 Å². The van der Waals surface area contributed by atoms with Crippen LogP contribution < -0.4 is 5.32 Å². The summed E-state index contributed by atoms with van der Waals surface area (Å²) in [7, 11) is 0. The summed E-state index contributed by atoms with van der Waals surface area (Å²) >= 11 is 5.93. The largest absolute Gasteiger partial charge is 0.350 e. The zero-order valence-electron chi connectivity index (χ0n) is 10.9. The molecule has 2 rings (SSSR count). The standard InChI is InChI=1S/C15H15ClN2O/c1-10(2)17-15(19)8-7-13-6-4-11-3-5-12(16)9-14(11)18-13/h3-10H,1-2H3,(H,17,19)/b8-7+. The summed E-state index contributed by atoms with van der Waals surface area (Å²) in [5, 5.41) is 4.46. The Bertz CT molecular complexity index is 635. The zero-order valence-corrected chi connectivity index (χ0v) is 11.6. The SMILES string of the molecule is CC(C)NC(=O)/C=C/c1ccc2ccc(Cl)cc2n1. The molecule has 0 saturated carbocycles. The highest BCUT2D eigenvalue weighted by Gasteiger charge is 2.00. The van der Waals surface area contributed by atoms with Gasteiger partial charge in [0.1, 0.15) is 0 Å². The lowest BCUT2D eigenvalue weighted by atomic mass is 10.2. The molecule has 3 nitrogen and oxygen atoms in total. The minimum atomic E-state index is -0.122. The Morgan fingerprint density at radius 1 is 1.32 bits per heavy atom. The summed E-state index contributed by atoms with van der Waals surface area (Å²) < 4.78 is 0. The number of hydrogen-bond donors (Lipinski definition) is 1. The Balaban J connectivity index is 2.21. The molecular formula is C15H15ClN2O. The van der Waals surface area contributed by atoms with E-state index in [0.717, 1.165) is 16.6 Å². The third kappa shape index (κ3) is 3.80. The van der Waals surface area contributed by atoms with Crippen molar-refractivity contribution in [3.05, 3.63) is 47.1 Å². The van der Waals surface area contributed by atoms with E-state index in [0.29, 0.717) is 5.02 Å². The maximum absolute atomic E-state index is 11.5. The molecule has 1 aromatic heterocycles. The second-order valence-electron chi connectivity index (χ2n) is 4.57. The number of rotatable bonds is 3. The lowest BCUT2D eigenvalue weighted by Crippen LogP contribution is -2.28. The van der Waals surface area contributed by atoms with Gasteiger partial charge in [0, 0.05) is 22.5 Å². The number of nitrogens with one attached hydrogen (secondary N) is 1. The van der Waals surface area contributed by atoms with Gasteiger partial charge in [-0.15, -0.1) is 0 Å². The van der Waals surface area contributed by atoms with Crippen LogP contribution in [0.25, 0.3) is 17.0 Å². The molecule has 1 N–H and O–H groups in total. The molecule has 0 spiro atoms. The van der Waals surface area contributed by atoms with E-state index >= 15 is 0 Å². The number of aromatic nitrogens is 1. The molecular weight excluding hydrogens is 260 g/mol. The van der Waals surface area contributed by atoms with Crippen LogP contribution in [-0.4, -0.2) is 16.9 Å². The fourth-order valence-electron chi connectivity index (χ4n) is 1.69. The first-order chi connectivity index (χ1) is 9.04. The third-order valence-corrected chi connectivity index (χ3v) is 2.75. The second kappa shape index (κ2) is 5.85. The van der Waals surface area contributed by atoms with E-state index in [1.54, 1.807) is 6.08 Å². The molecule has 0 atom stereocenters. The third-order valence-electron chi connectivity index (χ3n) is 2.51.